The van der Waals surface area contributed by atoms with Crippen LogP contribution in [0.2, 0.25) is 5.02 Å². The fourth-order valence-electron chi connectivity index (χ4n) is 3.77. The van der Waals surface area contributed by atoms with E-state index in [0.29, 0.717) is 22.9 Å². The van der Waals surface area contributed by atoms with Crippen LogP contribution < -0.4 is 10.1 Å². The fraction of sp³-hybridized carbons (Fsp3) is 0.360. The highest BCUT2D eigenvalue weighted by molar-refractivity contribution is 6.31. The van der Waals surface area contributed by atoms with Crippen molar-refractivity contribution in [1.82, 2.24) is 14.7 Å². The molecular weight excluding hydrogens is 440 g/mol. The Kier molecular flexibility index (Phi) is 7.65. The van der Waals surface area contributed by atoms with Crippen LogP contribution in [0.3, 0.4) is 0 Å². The summed E-state index contributed by atoms with van der Waals surface area (Å²) in [6.07, 6.45) is 0.960. The molecule has 2 heterocycles. The molecule has 0 aliphatic carbocycles. The normalized spacial score (nSPS) is 14.3. The van der Waals surface area contributed by atoms with Gasteiger partial charge in [0.05, 0.1) is 41.9 Å². The minimum atomic E-state index is -0.171. The zero-order valence-electron chi connectivity index (χ0n) is 19.0. The third-order valence-corrected chi connectivity index (χ3v) is 6.23. The molecule has 0 spiro atoms. The largest absolute Gasteiger partial charge is 0.494 e. The van der Waals surface area contributed by atoms with Gasteiger partial charge in [0.1, 0.15) is 5.75 Å². The Morgan fingerprint density at radius 1 is 1.09 bits per heavy atom. The monoisotopic (exact) mass is 468 g/mol. The van der Waals surface area contributed by atoms with Crippen LogP contribution in [-0.2, 0) is 4.74 Å². The molecule has 1 aromatic heterocycles. The van der Waals surface area contributed by atoms with Crippen LogP contribution >= 0.6 is 11.6 Å². The number of carbonyl (C=O) groups is 1. The average Bonchev–Trinajstić information content (AvgIpc) is 3.10. The molecule has 0 unspecified atom stereocenters. The van der Waals surface area contributed by atoms with E-state index in [9.17, 15) is 4.79 Å². The third kappa shape index (κ3) is 5.93. The van der Waals surface area contributed by atoms with Gasteiger partial charge in [0, 0.05) is 30.9 Å². The Hall–Kier alpha value is -2.87. The highest BCUT2D eigenvalue weighted by atomic mass is 35.5. The van der Waals surface area contributed by atoms with Crippen molar-refractivity contribution >= 4 is 23.2 Å². The van der Waals surface area contributed by atoms with E-state index >= 15 is 0 Å². The molecule has 1 aliphatic rings. The number of hydrogen-bond donors (Lipinski definition) is 1. The lowest BCUT2D eigenvalue weighted by Crippen LogP contribution is -2.37. The summed E-state index contributed by atoms with van der Waals surface area (Å²) in [4.78, 5) is 15.0. The van der Waals surface area contributed by atoms with Crippen molar-refractivity contribution in [3.05, 3.63) is 70.5 Å². The molecule has 8 heteroatoms. The van der Waals surface area contributed by atoms with Gasteiger partial charge in [0.2, 0.25) is 0 Å². The predicted molar refractivity (Wildman–Crippen MR) is 130 cm³/mol. The smallest absolute Gasteiger partial charge is 0.255 e. The number of ether oxygens (including phenoxy) is 2. The Morgan fingerprint density at radius 2 is 1.79 bits per heavy atom. The van der Waals surface area contributed by atoms with Crippen LogP contribution in [0.1, 0.15) is 28.2 Å². The molecule has 1 saturated heterocycles. The maximum absolute atomic E-state index is 12.6. The summed E-state index contributed by atoms with van der Waals surface area (Å²) in [5.74, 6) is 0.595. The average molecular weight is 469 g/mol. The van der Waals surface area contributed by atoms with Crippen LogP contribution in [0.25, 0.3) is 5.69 Å². The van der Waals surface area contributed by atoms with E-state index < -0.39 is 0 Å². The van der Waals surface area contributed by atoms with Gasteiger partial charge in [-0.05, 0) is 68.8 Å². The molecule has 2 aromatic carbocycles. The number of morpholine rings is 1. The molecule has 174 valence electrons. The summed E-state index contributed by atoms with van der Waals surface area (Å²) in [7, 11) is 0. The first-order valence-corrected chi connectivity index (χ1v) is 11.6. The molecule has 1 amide bonds. The maximum Gasteiger partial charge on any atom is 0.255 e. The molecule has 1 N–H and O–H groups in total. The zero-order chi connectivity index (χ0) is 23.2. The van der Waals surface area contributed by atoms with E-state index in [1.807, 2.05) is 50.2 Å². The van der Waals surface area contributed by atoms with Crippen LogP contribution in [0.4, 0.5) is 5.69 Å². The van der Waals surface area contributed by atoms with Crippen molar-refractivity contribution < 1.29 is 14.3 Å². The van der Waals surface area contributed by atoms with E-state index in [1.54, 1.807) is 16.8 Å². The molecule has 0 saturated carbocycles. The molecule has 1 aliphatic heterocycles. The van der Waals surface area contributed by atoms with Gasteiger partial charge in [-0.25, -0.2) is 4.68 Å². The first-order chi connectivity index (χ1) is 16.0. The third-order valence-electron chi connectivity index (χ3n) is 5.68. The topological polar surface area (TPSA) is 68.6 Å². The van der Waals surface area contributed by atoms with Crippen molar-refractivity contribution in [1.29, 1.82) is 0 Å². The van der Waals surface area contributed by atoms with Gasteiger partial charge in [-0.1, -0.05) is 11.6 Å². The number of hydrogen-bond acceptors (Lipinski definition) is 5. The van der Waals surface area contributed by atoms with Gasteiger partial charge in [-0.2, -0.15) is 5.10 Å². The lowest BCUT2D eigenvalue weighted by atomic mass is 10.2. The van der Waals surface area contributed by atoms with E-state index in [4.69, 9.17) is 21.1 Å². The van der Waals surface area contributed by atoms with Crippen LogP contribution in [0.5, 0.6) is 5.75 Å². The molecular formula is C25H29ClN4O3. The van der Waals surface area contributed by atoms with Crippen molar-refractivity contribution in [3.63, 3.8) is 0 Å². The van der Waals surface area contributed by atoms with Crippen molar-refractivity contribution in [2.24, 2.45) is 0 Å². The van der Waals surface area contributed by atoms with E-state index in [0.717, 1.165) is 62.1 Å². The molecule has 4 rings (SSSR count). The first kappa shape index (κ1) is 23.3. The van der Waals surface area contributed by atoms with Crippen LogP contribution in [0, 0.1) is 13.8 Å². The second-order valence-electron chi connectivity index (χ2n) is 8.08. The maximum atomic E-state index is 12.6. The minimum absolute atomic E-state index is 0.171. The van der Waals surface area contributed by atoms with Crippen molar-refractivity contribution in [2.45, 2.75) is 20.3 Å². The number of carbonyl (C=O) groups excluding carboxylic acids is 1. The summed E-state index contributed by atoms with van der Waals surface area (Å²) in [6, 6.07) is 14.7. The van der Waals surface area contributed by atoms with Gasteiger partial charge in [0.15, 0.2) is 0 Å². The molecule has 33 heavy (non-hydrogen) atoms. The summed E-state index contributed by atoms with van der Waals surface area (Å²) < 4.78 is 13.0. The number of nitrogens with one attached hydrogen (secondary N) is 1. The number of benzene rings is 2. The number of aryl methyl sites for hydroxylation is 1. The minimum Gasteiger partial charge on any atom is -0.494 e. The van der Waals surface area contributed by atoms with E-state index in [2.05, 4.69) is 15.3 Å². The Labute approximate surface area is 199 Å². The number of rotatable bonds is 8. The SMILES string of the molecule is Cc1nn(-c2ccc(NC(=O)c3ccc(OCCCN4CCOCC4)cc3)cc2)c(C)c1Cl. The number of aromatic nitrogens is 2. The van der Waals surface area contributed by atoms with E-state index in [-0.39, 0.29) is 5.91 Å². The van der Waals surface area contributed by atoms with Gasteiger partial charge in [-0.3, -0.25) is 9.69 Å². The predicted octanol–water partition coefficient (Wildman–Crippen LogP) is 4.50. The Morgan fingerprint density at radius 3 is 2.42 bits per heavy atom. The number of amides is 1. The molecule has 0 radical (unpaired) electrons. The molecule has 3 aromatic rings. The van der Waals surface area contributed by atoms with Crippen LogP contribution in [0.15, 0.2) is 48.5 Å². The van der Waals surface area contributed by atoms with Gasteiger partial charge in [-0.15, -0.1) is 0 Å². The number of anilines is 1. The number of nitrogens with zero attached hydrogens (tertiary/aromatic N) is 3. The second-order valence-corrected chi connectivity index (χ2v) is 8.46. The van der Waals surface area contributed by atoms with Crippen LogP contribution in [-0.4, -0.2) is 60.0 Å². The molecule has 0 atom stereocenters. The zero-order valence-corrected chi connectivity index (χ0v) is 19.8. The molecule has 0 bridgehead atoms. The second kappa shape index (κ2) is 10.8. The molecule has 1 fully saturated rings. The van der Waals surface area contributed by atoms with Gasteiger partial charge >= 0.3 is 0 Å². The standard InChI is InChI=1S/C25H29ClN4O3/c1-18-24(26)19(2)30(28-18)22-8-6-21(7-9-22)27-25(31)20-4-10-23(11-5-20)33-15-3-12-29-13-16-32-17-14-29/h4-11H,3,12-17H2,1-2H3,(H,27,31). The Balaban J connectivity index is 1.27. The fourth-order valence-corrected chi connectivity index (χ4v) is 3.89. The summed E-state index contributed by atoms with van der Waals surface area (Å²) in [5.41, 5.74) is 3.84. The van der Waals surface area contributed by atoms with Gasteiger partial charge in [0.25, 0.3) is 5.91 Å². The molecule has 7 nitrogen and oxygen atoms in total. The van der Waals surface area contributed by atoms with Crippen molar-refractivity contribution in [2.75, 3.05) is 44.8 Å². The summed E-state index contributed by atoms with van der Waals surface area (Å²) in [5, 5.41) is 8.04. The van der Waals surface area contributed by atoms with Crippen molar-refractivity contribution in [3.8, 4) is 11.4 Å². The highest BCUT2D eigenvalue weighted by Crippen LogP contribution is 2.23. The highest BCUT2D eigenvalue weighted by Gasteiger charge is 2.12. The Bertz CT molecular complexity index is 1070. The first-order valence-electron chi connectivity index (χ1n) is 11.2. The quantitative estimate of drug-likeness (QED) is 0.493. The summed E-state index contributed by atoms with van der Waals surface area (Å²) >= 11 is 6.24. The number of halogens is 1. The van der Waals surface area contributed by atoms with Gasteiger partial charge < -0.3 is 14.8 Å². The lowest BCUT2D eigenvalue weighted by Gasteiger charge is -2.26. The van der Waals surface area contributed by atoms with E-state index in [1.165, 1.54) is 0 Å². The lowest BCUT2D eigenvalue weighted by molar-refractivity contribution is 0.0358. The summed E-state index contributed by atoms with van der Waals surface area (Å²) in [6.45, 7) is 9.07.